The molecule has 1 unspecified atom stereocenters. The molecule has 2 amide bonds. The first-order valence-electron chi connectivity index (χ1n) is 8.49. The summed E-state index contributed by atoms with van der Waals surface area (Å²) in [6, 6.07) is 14.6. The topological polar surface area (TPSA) is 75.4 Å². The normalized spacial score (nSPS) is 16.6. The molecule has 4 rings (SSSR count). The van der Waals surface area contributed by atoms with Gasteiger partial charge < -0.3 is 14.7 Å². The van der Waals surface area contributed by atoms with Crippen molar-refractivity contribution in [3.05, 3.63) is 72.2 Å². The molecule has 3 aromatic rings. The largest absolute Gasteiger partial charge is 0.355 e. The number of anilines is 1. The van der Waals surface area contributed by atoms with E-state index in [0.717, 1.165) is 5.56 Å². The molecule has 0 spiro atoms. The van der Waals surface area contributed by atoms with Gasteiger partial charge >= 0.3 is 0 Å². The fraction of sp³-hybridized carbons (Fsp3) is 0.150. The predicted octanol–water partition coefficient (Wildman–Crippen LogP) is 3.02. The number of aromatic nitrogens is 1. The Kier molecular flexibility index (Phi) is 4.42. The molecule has 2 aromatic carbocycles. The van der Waals surface area contributed by atoms with Crippen LogP contribution in [-0.2, 0) is 4.79 Å². The second-order valence-corrected chi connectivity index (χ2v) is 6.29. The monoisotopic (exact) mass is 365 g/mol. The molecule has 0 radical (unpaired) electrons. The van der Waals surface area contributed by atoms with E-state index in [-0.39, 0.29) is 30.1 Å². The first-order valence-corrected chi connectivity index (χ1v) is 8.49. The average Bonchev–Trinajstić information content (AvgIpc) is 3.30. The Labute approximate surface area is 154 Å². The minimum Gasteiger partial charge on any atom is -0.355 e. The van der Waals surface area contributed by atoms with Crippen LogP contribution in [0.2, 0.25) is 0 Å². The van der Waals surface area contributed by atoms with E-state index in [1.54, 1.807) is 12.1 Å². The number of nitrogens with zero attached hydrogens (tertiary/aromatic N) is 2. The van der Waals surface area contributed by atoms with Gasteiger partial charge in [-0.2, -0.15) is 0 Å². The third kappa shape index (κ3) is 3.44. The van der Waals surface area contributed by atoms with Gasteiger partial charge in [0, 0.05) is 24.2 Å². The van der Waals surface area contributed by atoms with Gasteiger partial charge in [-0.1, -0.05) is 35.5 Å². The second-order valence-electron chi connectivity index (χ2n) is 6.29. The first-order chi connectivity index (χ1) is 13.1. The van der Waals surface area contributed by atoms with Gasteiger partial charge in [0.25, 0.3) is 5.91 Å². The number of benzene rings is 2. The van der Waals surface area contributed by atoms with E-state index in [4.69, 9.17) is 4.52 Å². The standard InChI is InChI=1S/C20H16FN3O3/c21-14-6-8-16(9-7-14)24-12-15(10-18(24)25)23-20(26)17-11-22-27-19(17)13-4-2-1-3-5-13/h1-9,11,15H,10,12H2,(H,23,26). The van der Waals surface area contributed by atoms with Crippen LogP contribution in [0.1, 0.15) is 16.8 Å². The molecule has 136 valence electrons. The highest BCUT2D eigenvalue weighted by Crippen LogP contribution is 2.25. The molecular formula is C20H16FN3O3. The molecule has 0 aliphatic carbocycles. The van der Waals surface area contributed by atoms with E-state index in [9.17, 15) is 14.0 Å². The predicted molar refractivity (Wildman–Crippen MR) is 96.6 cm³/mol. The summed E-state index contributed by atoms with van der Waals surface area (Å²) in [6.07, 6.45) is 1.54. The van der Waals surface area contributed by atoms with Crippen molar-refractivity contribution in [1.82, 2.24) is 10.5 Å². The number of carbonyl (C=O) groups is 2. The average molecular weight is 365 g/mol. The lowest BCUT2D eigenvalue weighted by Crippen LogP contribution is -2.37. The maximum absolute atomic E-state index is 13.1. The Morgan fingerprint density at radius 2 is 1.89 bits per heavy atom. The van der Waals surface area contributed by atoms with Crippen molar-refractivity contribution in [2.45, 2.75) is 12.5 Å². The number of amides is 2. The molecule has 1 fully saturated rings. The van der Waals surface area contributed by atoms with Crippen LogP contribution in [0.5, 0.6) is 0 Å². The van der Waals surface area contributed by atoms with E-state index >= 15 is 0 Å². The summed E-state index contributed by atoms with van der Waals surface area (Å²) in [5.74, 6) is -0.460. The number of hydrogen-bond acceptors (Lipinski definition) is 4. The third-order valence-corrected chi connectivity index (χ3v) is 4.45. The molecule has 1 N–H and O–H groups in total. The Bertz CT molecular complexity index is 970. The van der Waals surface area contributed by atoms with Crippen molar-refractivity contribution < 1.29 is 18.5 Å². The van der Waals surface area contributed by atoms with Crippen molar-refractivity contribution in [2.75, 3.05) is 11.4 Å². The maximum Gasteiger partial charge on any atom is 0.257 e. The van der Waals surface area contributed by atoms with Gasteiger partial charge in [-0.15, -0.1) is 0 Å². The second kappa shape index (κ2) is 7.03. The van der Waals surface area contributed by atoms with Gasteiger partial charge in [-0.3, -0.25) is 9.59 Å². The van der Waals surface area contributed by atoms with Crippen LogP contribution < -0.4 is 10.2 Å². The summed E-state index contributed by atoms with van der Waals surface area (Å²) in [4.78, 5) is 26.5. The molecule has 1 aliphatic heterocycles. The number of nitrogens with one attached hydrogen (secondary N) is 1. The number of hydrogen-bond donors (Lipinski definition) is 1. The van der Waals surface area contributed by atoms with Gasteiger partial charge in [-0.25, -0.2) is 4.39 Å². The van der Waals surface area contributed by atoms with Crippen molar-refractivity contribution in [1.29, 1.82) is 0 Å². The summed E-state index contributed by atoms with van der Waals surface area (Å²) >= 11 is 0. The van der Waals surface area contributed by atoms with Gasteiger partial charge in [0.15, 0.2) is 5.76 Å². The zero-order chi connectivity index (χ0) is 18.8. The fourth-order valence-corrected chi connectivity index (χ4v) is 3.14. The zero-order valence-corrected chi connectivity index (χ0v) is 14.3. The smallest absolute Gasteiger partial charge is 0.257 e. The number of rotatable bonds is 4. The number of carbonyl (C=O) groups excluding carboxylic acids is 2. The Hall–Kier alpha value is -3.48. The SMILES string of the molecule is O=C(NC1CC(=O)N(c2ccc(F)cc2)C1)c1cnoc1-c1ccccc1. The Morgan fingerprint density at radius 3 is 2.63 bits per heavy atom. The van der Waals surface area contributed by atoms with Crippen molar-refractivity contribution in [2.24, 2.45) is 0 Å². The van der Waals surface area contributed by atoms with E-state index in [2.05, 4.69) is 10.5 Å². The van der Waals surface area contributed by atoms with E-state index < -0.39 is 0 Å². The lowest BCUT2D eigenvalue weighted by atomic mass is 10.1. The molecule has 7 heteroatoms. The molecule has 0 saturated carbocycles. The quantitative estimate of drug-likeness (QED) is 0.771. The highest BCUT2D eigenvalue weighted by Gasteiger charge is 2.32. The molecule has 0 bridgehead atoms. The lowest BCUT2D eigenvalue weighted by Gasteiger charge is -2.17. The van der Waals surface area contributed by atoms with Gasteiger partial charge in [0.1, 0.15) is 11.4 Å². The molecule has 1 aromatic heterocycles. The summed E-state index contributed by atoms with van der Waals surface area (Å²) < 4.78 is 18.3. The summed E-state index contributed by atoms with van der Waals surface area (Å²) in [6.45, 7) is 0.322. The number of halogens is 1. The minimum absolute atomic E-state index is 0.125. The first kappa shape index (κ1) is 17.0. The van der Waals surface area contributed by atoms with Crippen LogP contribution in [0.25, 0.3) is 11.3 Å². The van der Waals surface area contributed by atoms with Crippen molar-refractivity contribution >= 4 is 17.5 Å². The maximum atomic E-state index is 13.1. The molecular weight excluding hydrogens is 349 g/mol. The van der Waals surface area contributed by atoms with E-state index in [1.165, 1.54) is 23.2 Å². The van der Waals surface area contributed by atoms with Gasteiger partial charge in [-0.05, 0) is 24.3 Å². The fourth-order valence-electron chi connectivity index (χ4n) is 3.14. The summed E-state index contributed by atoms with van der Waals surface area (Å²) in [5, 5.41) is 6.59. The molecule has 1 saturated heterocycles. The highest BCUT2D eigenvalue weighted by atomic mass is 19.1. The van der Waals surface area contributed by atoms with Crippen LogP contribution in [0.3, 0.4) is 0 Å². The third-order valence-electron chi connectivity index (χ3n) is 4.45. The molecule has 27 heavy (non-hydrogen) atoms. The zero-order valence-electron chi connectivity index (χ0n) is 14.3. The Balaban J connectivity index is 1.48. The highest BCUT2D eigenvalue weighted by molar-refractivity contribution is 6.01. The van der Waals surface area contributed by atoms with E-state index in [0.29, 0.717) is 23.6 Å². The summed E-state index contributed by atoms with van der Waals surface area (Å²) in [7, 11) is 0. The molecule has 1 atom stereocenters. The van der Waals surface area contributed by atoms with Crippen molar-refractivity contribution in [3.63, 3.8) is 0 Å². The molecule has 2 heterocycles. The van der Waals surface area contributed by atoms with Crippen molar-refractivity contribution in [3.8, 4) is 11.3 Å². The van der Waals surface area contributed by atoms with Crippen LogP contribution in [0.4, 0.5) is 10.1 Å². The Morgan fingerprint density at radius 1 is 1.15 bits per heavy atom. The van der Waals surface area contributed by atoms with Crippen LogP contribution in [-0.4, -0.2) is 29.6 Å². The van der Waals surface area contributed by atoms with Crippen LogP contribution in [0.15, 0.2) is 65.3 Å². The molecule has 6 nitrogen and oxygen atoms in total. The van der Waals surface area contributed by atoms with Gasteiger partial charge in [0.2, 0.25) is 5.91 Å². The lowest BCUT2D eigenvalue weighted by molar-refractivity contribution is -0.117. The molecule has 1 aliphatic rings. The van der Waals surface area contributed by atoms with Crippen LogP contribution in [0, 0.1) is 5.82 Å². The summed E-state index contributed by atoms with van der Waals surface area (Å²) in [5.41, 5.74) is 1.66. The minimum atomic E-state index is -0.365. The van der Waals surface area contributed by atoms with Gasteiger partial charge in [0.05, 0.1) is 12.2 Å². The van der Waals surface area contributed by atoms with E-state index in [1.807, 2.05) is 30.3 Å². The van der Waals surface area contributed by atoms with Crippen LogP contribution >= 0.6 is 0 Å².